The Morgan fingerprint density at radius 2 is 1.72 bits per heavy atom. The van der Waals surface area contributed by atoms with Gasteiger partial charge in [-0.3, -0.25) is 19.6 Å². The van der Waals surface area contributed by atoms with Crippen LogP contribution >= 0.6 is 0 Å². The molecule has 0 unspecified atom stereocenters. The molecule has 4 heterocycles. The van der Waals surface area contributed by atoms with Crippen LogP contribution in [0, 0.1) is 11.7 Å². The number of ketones is 1. The summed E-state index contributed by atoms with van der Waals surface area (Å²) in [6.07, 6.45) is 11.9. The molecule has 6 rings (SSSR count). The van der Waals surface area contributed by atoms with Crippen LogP contribution in [-0.4, -0.2) is 48.3 Å². The summed E-state index contributed by atoms with van der Waals surface area (Å²) in [5.41, 5.74) is 2.08. The van der Waals surface area contributed by atoms with Crippen molar-refractivity contribution < 1.29 is 14.0 Å². The van der Waals surface area contributed by atoms with E-state index >= 15 is 0 Å². The molecule has 2 saturated carbocycles. The first-order valence-corrected chi connectivity index (χ1v) is 13.3. The minimum Gasteiger partial charge on any atom is -0.379 e. The Bertz CT molecular complexity index is 1500. The number of fused-ring (bicyclic) bond motifs is 1. The van der Waals surface area contributed by atoms with Crippen LogP contribution in [0.1, 0.15) is 65.9 Å². The normalized spacial score (nSPS) is 19.0. The summed E-state index contributed by atoms with van der Waals surface area (Å²) in [4.78, 5) is 38.0. The Kier molecular flexibility index (Phi) is 6.87. The van der Waals surface area contributed by atoms with E-state index in [-0.39, 0.29) is 23.2 Å². The molecule has 2 aliphatic rings. The van der Waals surface area contributed by atoms with Crippen LogP contribution in [0.3, 0.4) is 0 Å². The van der Waals surface area contributed by atoms with Crippen molar-refractivity contribution in [1.82, 2.24) is 24.6 Å². The van der Waals surface area contributed by atoms with Crippen molar-refractivity contribution in [2.45, 2.75) is 57.0 Å². The average Bonchev–Trinajstić information content (AvgIpc) is 3.66. The van der Waals surface area contributed by atoms with Crippen molar-refractivity contribution in [3.05, 3.63) is 72.3 Å². The molecule has 39 heavy (non-hydrogen) atoms. The monoisotopic (exact) mass is 528 g/mol. The van der Waals surface area contributed by atoms with Crippen molar-refractivity contribution in [3.8, 4) is 0 Å². The Morgan fingerprint density at radius 1 is 0.923 bits per heavy atom. The molecule has 4 aromatic rings. The summed E-state index contributed by atoms with van der Waals surface area (Å²) < 4.78 is 15.6. The fourth-order valence-corrected chi connectivity index (χ4v) is 5.03. The lowest BCUT2D eigenvalue weighted by atomic mass is 9.83. The molecule has 0 atom stereocenters. The number of hydrogen-bond donors (Lipinski definition) is 3. The predicted octanol–water partition coefficient (Wildman–Crippen LogP) is 4.73. The predicted molar refractivity (Wildman–Crippen MR) is 144 cm³/mol. The number of anilines is 3. The van der Waals surface area contributed by atoms with Gasteiger partial charge in [0, 0.05) is 37.0 Å². The lowest BCUT2D eigenvalue weighted by Gasteiger charge is -2.29. The first-order chi connectivity index (χ1) is 19.0. The van der Waals surface area contributed by atoms with Crippen LogP contribution < -0.4 is 16.0 Å². The van der Waals surface area contributed by atoms with E-state index in [0.29, 0.717) is 35.5 Å². The number of carbonyl (C=O) groups is 2. The van der Waals surface area contributed by atoms with E-state index in [0.717, 1.165) is 50.4 Å². The highest BCUT2D eigenvalue weighted by atomic mass is 19.1. The van der Waals surface area contributed by atoms with Gasteiger partial charge in [0.15, 0.2) is 22.9 Å². The quantitative estimate of drug-likeness (QED) is 0.266. The number of imidazole rings is 1. The number of hydrogen-bond acceptors (Lipinski definition) is 8. The van der Waals surface area contributed by atoms with Crippen LogP contribution in [0.4, 0.5) is 21.6 Å². The molecule has 2 fully saturated rings. The second-order valence-corrected chi connectivity index (χ2v) is 10.3. The zero-order chi connectivity index (χ0) is 26.8. The van der Waals surface area contributed by atoms with Gasteiger partial charge >= 0.3 is 0 Å². The second-order valence-electron chi connectivity index (χ2n) is 10.3. The van der Waals surface area contributed by atoms with Crippen molar-refractivity contribution in [3.63, 3.8) is 0 Å². The van der Waals surface area contributed by atoms with Gasteiger partial charge in [-0.25, -0.2) is 13.9 Å². The number of halogens is 1. The fourth-order valence-electron chi connectivity index (χ4n) is 5.03. The highest BCUT2D eigenvalue weighted by Crippen LogP contribution is 2.32. The van der Waals surface area contributed by atoms with E-state index in [1.807, 2.05) is 18.2 Å². The zero-order valence-electron chi connectivity index (χ0n) is 21.3. The molecule has 10 nitrogen and oxygen atoms in total. The van der Waals surface area contributed by atoms with Crippen molar-refractivity contribution in [2.24, 2.45) is 5.92 Å². The second kappa shape index (κ2) is 10.8. The van der Waals surface area contributed by atoms with E-state index in [2.05, 4.69) is 36.0 Å². The van der Waals surface area contributed by atoms with Gasteiger partial charge in [-0.15, -0.1) is 5.10 Å². The van der Waals surface area contributed by atoms with Crippen LogP contribution in [-0.2, 0) is 0 Å². The summed E-state index contributed by atoms with van der Waals surface area (Å²) in [6.45, 7) is 0. The van der Waals surface area contributed by atoms with Crippen LogP contribution in [0.25, 0.3) is 5.65 Å². The van der Waals surface area contributed by atoms with Gasteiger partial charge in [0.2, 0.25) is 0 Å². The molecule has 0 spiro atoms. The molecule has 0 aromatic carbocycles. The SMILES string of the molecule is O=C(CC1CCC(Nc2cc(NC3CC3)c3ncc(C(=O)Nc4ccncc4F)n3n2)CC1)c1ccccn1. The van der Waals surface area contributed by atoms with Gasteiger partial charge in [-0.1, -0.05) is 6.07 Å². The highest BCUT2D eigenvalue weighted by Gasteiger charge is 2.27. The third-order valence-electron chi connectivity index (χ3n) is 7.28. The first-order valence-electron chi connectivity index (χ1n) is 13.3. The van der Waals surface area contributed by atoms with Gasteiger partial charge in [-0.2, -0.15) is 0 Å². The van der Waals surface area contributed by atoms with E-state index in [1.54, 1.807) is 12.3 Å². The molecule has 200 valence electrons. The zero-order valence-corrected chi connectivity index (χ0v) is 21.3. The van der Waals surface area contributed by atoms with E-state index in [9.17, 15) is 14.0 Å². The Balaban J connectivity index is 1.16. The first kappa shape index (κ1) is 24.9. The molecule has 0 bridgehead atoms. The number of nitrogens with one attached hydrogen (secondary N) is 3. The lowest BCUT2D eigenvalue weighted by Crippen LogP contribution is -2.28. The number of nitrogens with zero attached hydrogens (tertiary/aromatic N) is 5. The Hall–Kier alpha value is -4.41. The molecule has 0 saturated heterocycles. The van der Waals surface area contributed by atoms with Crippen molar-refractivity contribution in [1.29, 1.82) is 0 Å². The Labute approximate surface area is 224 Å². The van der Waals surface area contributed by atoms with Gasteiger partial charge in [0.25, 0.3) is 5.91 Å². The number of carbonyl (C=O) groups excluding carboxylic acids is 2. The summed E-state index contributed by atoms with van der Waals surface area (Å²) in [6, 6.07) is 9.31. The number of amides is 1. The average molecular weight is 529 g/mol. The maximum atomic E-state index is 14.1. The number of rotatable bonds is 9. The molecular formula is C28H29FN8O2. The molecule has 4 aromatic heterocycles. The van der Waals surface area contributed by atoms with Crippen LogP contribution in [0.5, 0.6) is 0 Å². The van der Waals surface area contributed by atoms with Gasteiger partial charge in [-0.05, 0) is 62.6 Å². The fraction of sp³-hybridized carbons (Fsp3) is 0.357. The number of pyridine rings is 2. The minimum atomic E-state index is -0.622. The molecular weight excluding hydrogens is 499 g/mol. The van der Waals surface area contributed by atoms with Crippen LogP contribution in [0.15, 0.2) is 55.1 Å². The molecule has 3 N–H and O–H groups in total. The molecule has 0 radical (unpaired) electrons. The van der Waals surface area contributed by atoms with Crippen molar-refractivity contribution >= 4 is 34.5 Å². The maximum Gasteiger partial charge on any atom is 0.276 e. The summed E-state index contributed by atoms with van der Waals surface area (Å²) in [7, 11) is 0. The third-order valence-corrected chi connectivity index (χ3v) is 7.28. The standard InChI is InChI=1S/C28H29FN8O2/c29-20-15-30-12-10-21(20)35-28(39)24-16-32-27-23(33-18-8-9-18)14-26(36-37(24)27)34-19-6-4-17(5-7-19)13-25(38)22-3-1-2-11-31-22/h1-3,10-12,14-19,33H,4-9,13H2,(H,34,36)(H,30,35,39). The number of aromatic nitrogens is 5. The minimum absolute atomic E-state index is 0.0360. The summed E-state index contributed by atoms with van der Waals surface area (Å²) >= 11 is 0. The van der Waals surface area contributed by atoms with E-state index in [4.69, 9.17) is 0 Å². The number of Topliss-reactive ketones (excluding diaryl/α,β-unsaturated/α-hetero) is 1. The van der Waals surface area contributed by atoms with Gasteiger partial charge in [0.1, 0.15) is 11.5 Å². The van der Waals surface area contributed by atoms with Gasteiger partial charge in [0.05, 0.1) is 23.8 Å². The largest absolute Gasteiger partial charge is 0.379 e. The summed E-state index contributed by atoms with van der Waals surface area (Å²) in [5.74, 6) is -0.0954. The van der Waals surface area contributed by atoms with Crippen LogP contribution in [0.2, 0.25) is 0 Å². The highest BCUT2D eigenvalue weighted by molar-refractivity contribution is 6.03. The molecule has 1 amide bonds. The Morgan fingerprint density at radius 3 is 2.46 bits per heavy atom. The summed E-state index contributed by atoms with van der Waals surface area (Å²) in [5, 5.41) is 14.3. The molecule has 0 aliphatic heterocycles. The molecule has 11 heteroatoms. The van der Waals surface area contributed by atoms with Gasteiger partial charge < -0.3 is 16.0 Å². The lowest BCUT2D eigenvalue weighted by molar-refractivity contribution is 0.0943. The smallest absolute Gasteiger partial charge is 0.276 e. The van der Waals surface area contributed by atoms with Crippen molar-refractivity contribution in [2.75, 3.05) is 16.0 Å². The molecule has 2 aliphatic carbocycles. The van der Waals surface area contributed by atoms with E-state index in [1.165, 1.54) is 23.0 Å². The maximum absolute atomic E-state index is 14.1. The van der Waals surface area contributed by atoms with E-state index < -0.39 is 11.7 Å². The topological polar surface area (TPSA) is 126 Å². The third kappa shape index (κ3) is 5.71.